The Morgan fingerprint density at radius 1 is 1.56 bits per heavy atom. The molecule has 1 aliphatic rings. The molecule has 0 radical (unpaired) electrons. The molecule has 0 spiro atoms. The van der Waals surface area contributed by atoms with Crippen LogP contribution in [0.4, 0.5) is 0 Å². The maximum atomic E-state index is 9.14. The molecule has 0 bridgehead atoms. The zero-order chi connectivity index (χ0) is 13.0. The van der Waals surface area contributed by atoms with Crippen LogP contribution in [0, 0.1) is 0 Å². The van der Waals surface area contributed by atoms with E-state index < -0.39 is 0 Å². The summed E-state index contributed by atoms with van der Waals surface area (Å²) in [6.45, 7) is 3.58. The molecule has 1 heterocycles. The largest absolute Gasteiger partial charge is 0.488 e. The van der Waals surface area contributed by atoms with Gasteiger partial charge in [0, 0.05) is 18.0 Å². The molecule has 2 atom stereocenters. The highest BCUT2D eigenvalue weighted by Gasteiger charge is 2.22. The fourth-order valence-corrected chi connectivity index (χ4v) is 2.38. The lowest BCUT2D eigenvalue weighted by molar-refractivity contribution is 0.180. The molecule has 1 aromatic carbocycles. The van der Waals surface area contributed by atoms with E-state index in [1.807, 2.05) is 25.1 Å². The van der Waals surface area contributed by atoms with Gasteiger partial charge in [0.15, 0.2) is 0 Å². The van der Waals surface area contributed by atoms with Gasteiger partial charge in [0.25, 0.3) is 0 Å². The molecule has 18 heavy (non-hydrogen) atoms. The number of nitrogens with one attached hydrogen (secondary N) is 1. The van der Waals surface area contributed by atoms with Crippen molar-refractivity contribution in [2.24, 2.45) is 0 Å². The van der Waals surface area contributed by atoms with E-state index >= 15 is 0 Å². The van der Waals surface area contributed by atoms with Crippen molar-refractivity contribution in [1.29, 1.82) is 0 Å². The van der Waals surface area contributed by atoms with E-state index in [0.717, 1.165) is 43.1 Å². The van der Waals surface area contributed by atoms with Gasteiger partial charge in [-0.25, -0.2) is 0 Å². The normalized spacial score (nSPS) is 19.4. The lowest BCUT2D eigenvalue weighted by Crippen LogP contribution is -2.30. The minimum absolute atomic E-state index is 0.199. The Balaban J connectivity index is 1.68. The van der Waals surface area contributed by atoms with Gasteiger partial charge in [-0.3, -0.25) is 0 Å². The van der Waals surface area contributed by atoms with E-state index in [9.17, 15) is 0 Å². The van der Waals surface area contributed by atoms with Crippen molar-refractivity contribution in [2.45, 2.75) is 38.4 Å². The molecular formula is C14H20ClNO2. The summed E-state index contributed by atoms with van der Waals surface area (Å²) in [5.74, 6) is 0.954. The molecule has 0 fully saturated rings. The number of rotatable bonds is 6. The third-order valence-electron chi connectivity index (χ3n) is 3.11. The second kappa shape index (κ2) is 6.41. The summed E-state index contributed by atoms with van der Waals surface area (Å²) in [5.41, 5.74) is 1.19. The van der Waals surface area contributed by atoms with Crippen LogP contribution in [-0.4, -0.2) is 30.4 Å². The minimum atomic E-state index is -0.207. The van der Waals surface area contributed by atoms with E-state index in [1.54, 1.807) is 0 Å². The van der Waals surface area contributed by atoms with Crippen LogP contribution >= 0.6 is 11.6 Å². The van der Waals surface area contributed by atoms with Gasteiger partial charge < -0.3 is 15.2 Å². The predicted molar refractivity (Wildman–Crippen MR) is 73.4 cm³/mol. The minimum Gasteiger partial charge on any atom is -0.488 e. The van der Waals surface area contributed by atoms with Gasteiger partial charge in [0.1, 0.15) is 11.9 Å². The van der Waals surface area contributed by atoms with Crippen LogP contribution in [0.5, 0.6) is 5.75 Å². The predicted octanol–water partition coefficient (Wildman–Crippen LogP) is 2.39. The number of benzene rings is 1. The van der Waals surface area contributed by atoms with E-state index in [-0.39, 0.29) is 12.2 Å². The van der Waals surface area contributed by atoms with Crippen molar-refractivity contribution in [3.8, 4) is 5.75 Å². The van der Waals surface area contributed by atoms with Crippen LogP contribution in [0.2, 0.25) is 5.02 Å². The molecular weight excluding hydrogens is 250 g/mol. The molecule has 2 unspecified atom stereocenters. The maximum absolute atomic E-state index is 9.14. The number of ether oxygens (including phenoxy) is 1. The first-order valence-electron chi connectivity index (χ1n) is 6.49. The Morgan fingerprint density at radius 2 is 2.39 bits per heavy atom. The van der Waals surface area contributed by atoms with Crippen LogP contribution in [0.3, 0.4) is 0 Å². The molecule has 0 saturated heterocycles. The maximum Gasteiger partial charge on any atom is 0.123 e. The van der Waals surface area contributed by atoms with Crippen LogP contribution < -0.4 is 10.1 Å². The van der Waals surface area contributed by atoms with Crippen molar-refractivity contribution < 1.29 is 9.84 Å². The molecule has 2 N–H and O–H groups in total. The van der Waals surface area contributed by atoms with E-state index in [4.69, 9.17) is 21.4 Å². The van der Waals surface area contributed by atoms with Crippen molar-refractivity contribution in [2.75, 3.05) is 13.1 Å². The van der Waals surface area contributed by atoms with Crippen LogP contribution in [0.15, 0.2) is 18.2 Å². The molecule has 1 aliphatic heterocycles. The summed E-state index contributed by atoms with van der Waals surface area (Å²) in [6, 6.07) is 5.77. The fourth-order valence-electron chi connectivity index (χ4n) is 2.19. The summed E-state index contributed by atoms with van der Waals surface area (Å²) in [5, 5.41) is 13.3. The molecule has 4 heteroatoms. The highest BCUT2D eigenvalue weighted by molar-refractivity contribution is 6.30. The smallest absolute Gasteiger partial charge is 0.123 e. The first-order valence-corrected chi connectivity index (χ1v) is 6.87. The third kappa shape index (κ3) is 3.87. The summed E-state index contributed by atoms with van der Waals surface area (Å²) in [6.07, 6.45) is 2.74. The third-order valence-corrected chi connectivity index (χ3v) is 3.35. The highest BCUT2D eigenvalue weighted by atomic mass is 35.5. The van der Waals surface area contributed by atoms with Crippen molar-refractivity contribution >= 4 is 11.6 Å². The SMILES string of the molecule is CC(O)CCCNCC1Cc2cc(Cl)ccc2O1. The van der Waals surface area contributed by atoms with E-state index in [2.05, 4.69) is 5.32 Å². The second-order valence-corrected chi connectivity index (χ2v) is 5.33. The summed E-state index contributed by atoms with van der Waals surface area (Å²) in [7, 11) is 0. The molecule has 1 aromatic rings. The highest BCUT2D eigenvalue weighted by Crippen LogP contribution is 2.30. The molecule has 0 aromatic heterocycles. The molecule has 100 valence electrons. The Hall–Kier alpha value is -0.770. The zero-order valence-electron chi connectivity index (χ0n) is 10.7. The van der Waals surface area contributed by atoms with Gasteiger partial charge in [-0.15, -0.1) is 0 Å². The summed E-state index contributed by atoms with van der Waals surface area (Å²) < 4.78 is 5.82. The number of aliphatic hydroxyl groups is 1. The summed E-state index contributed by atoms with van der Waals surface area (Å²) in [4.78, 5) is 0. The molecule has 0 amide bonds. The van der Waals surface area contributed by atoms with Gasteiger partial charge in [-0.2, -0.15) is 0 Å². The van der Waals surface area contributed by atoms with Gasteiger partial charge >= 0.3 is 0 Å². The van der Waals surface area contributed by atoms with Crippen LogP contribution in [0.25, 0.3) is 0 Å². The number of hydrogen-bond acceptors (Lipinski definition) is 3. The van der Waals surface area contributed by atoms with Gasteiger partial charge in [0.05, 0.1) is 6.10 Å². The van der Waals surface area contributed by atoms with Gasteiger partial charge in [-0.05, 0) is 50.1 Å². The molecule has 0 aliphatic carbocycles. The molecule has 0 saturated carbocycles. The first-order chi connectivity index (χ1) is 8.65. The number of fused-ring (bicyclic) bond motifs is 1. The Labute approximate surface area is 113 Å². The standard InChI is InChI=1S/C14H20ClNO2/c1-10(17)3-2-6-16-9-13-8-11-7-12(15)4-5-14(11)18-13/h4-5,7,10,13,16-17H,2-3,6,8-9H2,1H3. The number of hydrogen-bond donors (Lipinski definition) is 2. The second-order valence-electron chi connectivity index (χ2n) is 4.89. The quantitative estimate of drug-likeness (QED) is 0.780. The van der Waals surface area contributed by atoms with Gasteiger partial charge in [0.2, 0.25) is 0 Å². The first kappa shape index (κ1) is 13.7. The van der Waals surface area contributed by atoms with Gasteiger partial charge in [-0.1, -0.05) is 11.6 Å². The monoisotopic (exact) mass is 269 g/mol. The van der Waals surface area contributed by atoms with E-state index in [0.29, 0.717) is 0 Å². The topological polar surface area (TPSA) is 41.5 Å². The average Bonchev–Trinajstić information content (AvgIpc) is 2.70. The van der Waals surface area contributed by atoms with Crippen molar-refractivity contribution in [1.82, 2.24) is 5.32 Å². The Morgan fingerprint density at radius 3 is 3.17 bits per heavy atom. The Kier molecular flexibility index (Phi) is 4.87. The summed E-state index contributed by atoms with van der Waals surface area (Å²) >= 11 is 5.95. The Bertz CT molecular complexity index is 395. The van der Waals surface area contributed by atoms with Crippen LogP contribution in [-0.2, 0) is 6.42 Å². The van der Waals surface area contributed by atoms with Crippen LogP contribution in [0.1, 0.15) is 25.3 Å². The average molecular weight is 270 g/mol. The lowest BCUT2D eigenvalue weighted by Gasteiger charge is -2.12. The number of halogens is 1. The number of aliphatic hydroxyl groups excluding tert-OH is 1. The van der Waals surface area contributed by atoms with E-state index in [1.165, 1.54) is 5.56 Å². The molecule has 3 nitrogen and oxygen atoms in total. The fraction of sp³-hybridized carbons (Fsp3) is 0.571. The molecule has 2 rings (SSSR count). The zero-order valence-corrected chi connectivity index (χ0v) is 11.4. The lowest BCUT2D eigenvalue weighted by atomic mass is 10.1. The van der Waals surface area contributed by atoms with Crippen molar-refractivity contribution in [3.63, 3.8) is 0 Å². The van der Waals surface area contributed by atoms with Crippen molar-refractivity contribution in [3.05, 3.63) is 28.8 Å².